The van der Waals surface area contributed by atoms with Crippen LogP contribution in [0.2, 0.25) is 0 Å². The number of sulfonamides is 1. The molecule has 1 heterocycles. The maximum Gasteiger partial charge on any atom is 0.336 e. The Morgan fingerprint density at radius 3 is 2.35 bits per heavy atom. The van der Waals surface area contributed by atoms with Crippen molar-refractivity contribution < 1.29 is 22.3 Å². The van der Waals surface area contributed by atoms with Crippen LogP contribution in [0.1, 0.15) is 32.8 Å². The van der Waals surface area contributed by atoms with Gasteiger partial charge in [0.05, 0.1) is 18.1 Å². The van der Waals surface area contributed by atoms with Crippen LogP contribution in [0.5, 0.6) is 11.5 Å². The molecule has 0 N–H and O–H groups in total. The molecule has 0 aliphatic carbocycles. The van der Waals surface area contributed by atoms with Gasteiger partial charge in [-0.2, -0.15) is 4.31 Å². The van der Waals surface area contributed by atoms with Gasteiger partial charge in [-0.3, -0.25) is 0 Å². The molecule has 3 aromatic rings. The number of nitrogens with zero attached hydrogens (tertiary/aromatic N) is 1. The Labute approximate surface area is 182 Å². The molecule has 0 aliphatic heterocycles. The van der Waals surface area contributed by atoms with E-state index in [0.29, 0.717) is 48.6 Å². The highest BCUT2D eigenvalue weighted by Crippen LogP contribution is 2.30. The SMILES string of the molecule is CCCN(Cc1ccc(OCC)c(OCC)c1)S(=O)(=O)c1ccc2oc(=O)ccc2c1. The van der Waals surface area contributed by atoms with E-state index in [1.165, 1.54) is 28.6 Å². The van der Waals surface area contributed by atoms with Crippen molar-refractivity contribution in [1.29, 1.82) is 0 Å². The van der Waals surface area contributed by atoms with Crippen LogP contribution < -0.4 is 15.1 Å². The first-order chi connectivity index (χ1) is 14.9. The van der Waals surface area contributed by atoms with Gasteiger partial charge >= 0.3 is 5.63 Å². The molecule has 8 heteroatoms. The third-order valence-corrected chi connectivity index (χ3v) is 6.51. The molecule has 31 heavy (non-hydrogen) atoms. The summed E-state index contributed by atoms with van der Waals surface area (Å²) in [5.74, 6) is 1.23. The molecule has 166 valence electrons. The number of ether oxygens (including phenoxy) is 2. The lowest BCUT2D eigenvalue weighted by atomic mass is 10.2. The van der Waals surface area contributed by atoms with Crippen LogP contribution in [0.15, 0.2) is 62.6 Å². The summed E-state index contributed by atoms with van der Waals surface area (Å²) >= 11 is 0. The molecule has 0 saturated carbocycles. The van der Waals surface area contributed by atoms with Crippen molar-refractivity contribution in [3.8, 4) is 11.5 Å². The minimum atomic E-state index is -3.77. The molecule has 0 saturated heterocycles. The van der Waals surface area contributed by atoms with Crippen LogP contribution in [0.25, 0.3) is 11.0 Å². The fourth-order valence-electron chi connectivity index (χ4n) is 3.29. The van der Waals surface area contributed by atoms with Gasteiger partial charge in [-0.25, -0.2) is 13.2 Å². The van der Waals surface area contributed by atoms with Crippen molar-refractivity contribution in [3.63, 3.8) is 0 Å². The summed E-state index contributed by atoms with van der Waals surface area (Å²) in [4.78, 5) is 11.5. The maximum atomic E-state index is 13.4. The minimum Gasteiger partial charge on any atom is -0.490 e. The summed E-state index contributed by atoms with van der Waals surface area (Å²) in [6, 6.07) is 12.8. The quantitative estimate of drug-likeness (QED) is 0.435. The third kappa shape index (κ3) is 5.26. The topological polar surface area (TPSA) is 86.1 Å². The summed E-state index contributed by atoms with van der Waals surface area (Å²) < 4.78 is 44.6. The summed E-state index contributed by atoms with van der Waals surface area (Å²) in [5, 5.41) is 0.553. The van der Waals surface area contributed by atoms with Crippen LogP contribution in [-0.2, 0) is 16.6 Å². The number of hydrogen-bond donors (Lipinski definition) is 0. The molecular weight excluding hydrogens is 418 g/mol. The van der Waals surface area contributed by atoms with Gasteiger partial charge in [0.15, 0.2) is 11.5 Å². The average molecular weight is 446 g/mol. The molecule has 7 nitrogen and oxygen atoms in total. The first-order valence-electron chi connectivity index (χ1n) is 10.3. The molecule has 0 fully saturated rings. The second-order valence-corrected chi connectivity index (χ2v) is 8.88. The molecule has 2 aromatic carbocycles. The van der Waals surface area contributed by atoms with Gasteiger partial charge in [0.1, 0.15) is 5.58 Å². The number of hydrogen-bond acceptors (Lipinski definition) is 6. The summed E-state index contributed by atoms with van der Waals surface area (Å²) in [5.41, 5.74) is 0.674. The fraction of sp³-hybridized carbons (Fsp3) is 0.348. The Balaban J connectivity index is 1.94. The standard InChI is InChI=1S/C23H27NO6S/c1-4-13-24(16-17-7-10-21(28-5-2)22(14-17)29-6-3)31(26,27)19-9-11-20-18(15-19)8-12-23(25)30-20/h7-12,14-15H,4-6,13,16H2,1-3H3. The molecule has 0 spiro atoms. The van der Waals surface area contributed by atoms with Crippen LogP contribution in [0.4, 0.5) is 0 Å². The molecular formula is C23H27NO6S. The zero-order chi connectivity index (χ0) is 22.4. The predicted octanol–water partition coefficient (Wildman–Crippen LogP) is 4.19. The Bertz CT molecular complexity index is 1200. The van der Waals surface area contributed by atoms with Gasteiger partial charge in [-0.15, -0.1) is 0 Å². The van der Waals surface area contributed by atoms with Gasteiger partial charge in [0.25, 0.3) is 0 Å². The van der Waals surface area contributed by atoms with Gasteiger partial charge in [-0.1, -0.05) is 13.0 Å². The van der Waals surface area contributed by atoms with Crippen molar-refractivity contribution >= 4 is 21.0 Å². The third-order valence-electron chi connectivity index (χ3n) is 4.67. The van der Waals surface area contributed by atoms with Crippen LogP contribution in [0.3, 0.4) is 0 Å². The van der Waals surface area contributed by atoms with E-state index in [1.54, 1.807) is 12.1 Å². The van der Waals surface area contributed by atoms with E-state index < -0.39 is 15.6 Å². The Morgan fingerprint density at radius 1 is 0.903 bits per heavy atom. The lowest BCUT2D eigenvalue weighted by molar-refractivity contribution is 0.287. The highest BCUT2D eigenvalue weighted by atomic mass is 32.2. The number of rotatable bonds is 10. The van der Waals surface area contributed by atoms with Gasteiger partial charge in [-0.05, 0) is 62.2 Å². The van der Waals surface area contributed by atoms with Crippen molar-refractivity contribution in [2.24, 2.45) is 0 Å². The number of fused-ring (bicyclic) bond motifs is 1. The first kappa shape index (κ1) is 22.8. The van der Waals surface area contributed by atoms with E-state index in [2.05, 4.69) is 0 Å². The predicted molar refractivity (Wildman–Crippen MR) is 119 cm³/mol. The van der Waals surface area contributed by atoms with Crippen molar-refractivity contribution in [3.05, 3.63) is 64.5 Å². The Hall–Kier alpha value is -2.84. The van der Waals surface area contributed by atoms with E-state index in [9.17, 15) is 13.2 Å². The van der Waals surface area contributed by atoms with E-state index >= 15 is 0 Å². The maximum absolute atomic E-state index is 13.4. The van der Waals surface area contributed by atoms with Crippen molar-refractivity contribution in [1.82, 2.24) is 4.31 Å². The molecule has 1 aromatic heterocycles. The van der Waals surface area contributed by atoms with Crippen molar-refractivity contribution in [2.45, 2.75) is 38.6 Å². The monoisotopic (exact) mass is 445 g/mol. The molecule has 0 atom stereocenters. The molecule has 0 aliphatic rings. The second-order valence-electron chi connectivity index (χ2n) is 6.94. The van der Waals surface area contributed by atoms with E-state index in [4.69, 9.17) is 13.9 Å². The van der Waals surface area contributed by atoms with Gasteiger partial charge in [0.2, 0.25) is 10.0 Å². The molecule has 0 amide bonds. The lowest BCUT2D eigenvalue weighted by Gasteiger charge is -2.22. The van der Waals surface area contributed by atoms with Crippen LogP contribution >= 0.6 is 0 Å². The summed E-state index contributed by atoms with van der Waals surface area (Å²) in [6.07, 6.45) is 0.664. The molecule has 0 bridgehead atoms. The van der Waals surface area contributed by atoms with E-state index in [0.717, 1.165) is 5.56 Å². The molecule has 0 radical (unpaired) electrons. The highest BCUT2D eigenvalue weighted by Gasteiger charge is 2.25. The second kappa shape index (κ2) is 9.98. The van der Waals surface area contributed by atoms with Crippen LogP contribution in [-0.4, -0.2) is 32.5 Å². The van der Waals surface area contributed by atoms with Gasteiger partial charge in [0, 0.05) is 24.5 Å². The highest BCUT2D eigenvalue weighted by molar-refractivity contribution is 7.89. The summed E-state index contributed by atoms with van der Waals surface area (Å²) in [7, 11) is -3.77. The van der Waals surface area contributed by atoms with Gasteiger partial charge < -0.3 is 13.9 Å². The smallest absolute Gasteiger partial charge is 0.336 e. The minimum absolute atomic E-state index is 0.151. The largest absolute Gasteiger partial charge is 0.490 e. The fourth-order valence-corrected chi connectivity index (χ4v) is 4.85. The zero-order valence-electron chi connectivity index (χ0n) is 18.0. The zero-order valence-corrected chi connectivity index (χ0v) is 18.8. The van der Waals surface area contributed by atoms with Crippen LogP contribution in [0, 0.1) is 0 Å². The Kier molecular flexibility index (Phi) is 7.35. The Morgan fingerprint density at radius 2 is 1.65 bits per heavy atom. The van der Waals surface area contributed by atoms with Crippen molar-refractivity contribution in [2.75, 3.05) is 19.8 Å². The van der Waals surface area contributed by atoms with E-state index in [1.807, 2.05) is 32.9 Å². The normalized spacial score (nSPS) is 11.7. The first-order valence-corrected chi connectivity index (χ1v) is 11.8. The number of benzene rings is 2. The molecule has 3 rings (SSSR count). The lowest BCUT2D eigenvalue weighted by Crippen LogP contribution is -2.31. The molecule has 0 unspecified atom stereocenters. The average Bonchev–Trinajstić information content (AvgIpc) is 2.75. The summed E-state index contributed by atoms with van der Waals surface area (Å²) in [6.45, 7) is 7.27. The van der Waals surface area contributed by atoms with E-state index in [-0.39, 0.29) is 11.4 Å².